The molecule has 0 aliphatic carbocycles. The van der Waals surface area contributed by atoms with Gasteiger partial charge in [-0.2, -0.15) is 0 Å². The lowest BCUT2D eigenvalue weighted by molar-refractivity contribution is 0.0946. The Morgan fingerprint density at radius 1 is 1.11 bits per heavy atom. The topological polar surface area (TPSA) is 75.7 Å². The van der Waals surface area contributed by atoms with Gasteiger partial charge in [-0.3, -0.25) is 9.10 Å². The minimum atomic E-state index is -3.40. The normalized spacial score (nSPS) is 11.1. The number of amides is 1. The van der Waals surface area contributed by atoms with E-state index in [9.17, 15) is 13.2 Å². The number of nitrogens with one attached hydrogen (secondary N) is 1. The molecule has 0 aliphatic heterocycles. The Bertz CT molecular complexity index is 919. The molecule has 2 rings (SSSR count). The van der Waals surface area contributed by atoms with Crippen molar-refractivity contribution in [1.82, 2.24) is 5.32 Å². The lowest BCUT2D eigenvalue weighted by atomic mass is 10.1. The molecule has 2 aromatic rings. The molecule has 0 saturated carbocycles. The largest absolute Gasteiger partial charge is 0.492 e. The van der Waals surface area contributed by atoms with Gasteiger partial charge in [-0.05, 0) is 61.7 Å². The van der Waals surface area contributed by atoms with E-state index in [0.717, 1.165) is 23.1 Å². The summed E-state index contributed by atoms with van der Waals surface area (Å²) in [5, 5.41) is 2.81. The van der Waals surface area contributed by atoms with Gasteiger partial charge in [0, 0.05) is 12.6 Å². The number of sulfonamides is 1. The monoisotopic (exact) mass is 390 g/mol. The molecule has 0 aromatic heterocycles. The molecule has 1 amide bonds. The zero-order valence-corrected chi connectivity index (χ0v) is 17.2. The number of nitrogens with zero attached hydrogens (tertiary/aromatic N) is 1. The van der Waals surface area contributed by atoms with Crippen molar-refractivity contribution in [3.63, 3.8) is 0 Å². The highest BCUT2D eigenvalue weighted by Crippen LogP contribution is 2.24. The molecule has 0 atom stereocenters. The van der Waals surface area contributed by atoms with Crippen LogP contribution in [0.3, 0.4) is 0 Å². The molecular weight excluding hydrogens is 364 g/mol. The Balaban J connectivity index is 2.00. The molecular formula is C20H26N2O4S. The van der Waals surface area contributed by atoms with Crippen LogP contribution in [-0.2, 0) is 10.0 Å². The summed E-state index contributed by atoms with van der Waals surface area (Å²) in [6.07, 6.45) is 1.13. The predicted molar refractivity (Wildman–Crippen MR) is 108 cm³/mol. The Labute approximate surface area is 161 Å². The van der Waals surface area contributed by atoms with E-state index in [2.05, 4.69) is 11.4 Å². The first-order valence-corrected chi connectivity index (χ1v) is 10.5. The first-order valence-electron chi connectivity index (χ1n) is 8.62. The van der Waals surface area contributed by atoms with Crippen molar-refractivity contribution < 1.29 is 17.9 Å². The van der Waals surface area contributed by atoms with E-state index in [-0.39, 0.29) is 5.91 Å². The highest BCUT2D eigenvalue weighted by molar-refractivity contribution is 7.92. The summed E-state index contributed by atoms with van der Waals surface area (Å²) in [5.41, 5.74) is 3.78. The lowest BCUT2D eigenvalue weighted by Gasteiger charge is -2.20. The van der Waals surface area contributed by atoms with E-state index >= 15 is 0 Å². The van der Waals surface area contributed by atoms with Crippen LogP contribution in [0.5, 0.6) is 5.75 Å². The summed E-state index contributed by atoms with van der Waals surface area (Å²) < 4.78 is 30.4. The summed E-state index contributed by atoms with van der Waals surface area (Å²) >= 11 is 0. The Kier molecular flexibility index (Phi) is 6.49. The van der Waals surface area contributed by atoms with E-state index in [4.69, 9.17) is 4.74 Å². The van der Waals surface area contributed by atoms with Crippen molar-refractivity contribution in [3.8, 4) is 5.75 Å². The number of carbonyl (C=O) groups excluding carboxylic acids is 1. The number of rotatable bonds is 7. The average molecular weight is 391 g/mol. The molecule has 146 valence electrons. The fraction of sp³-hybridized carbons (Fsp3) is 0.350. The summed E-state index contributed by atoms with van der Waals surface area (Å²) in [4.78, 5) is 12.5. The number of benzene rings is 2. The molecule has 0 bridgehead atoms. The van der Waals surface area contributed by atoms with Crippen molar-refractivity contribution in [2.75, 3.05) is 30.8 Å². The van der Waals surface area contributed by atoms with Gasteiger partial charge in [0.2, 0.25) is 10.0 Å². The first-order chi connectivity index (χ1) is 12.6. The zero-order valence-electron chi connectivity index (χ0n) is 16.4. The van der Waals surface area contributed by atoms with Crippen molar-refractivity contribution in [3.05, 3.63) is 58.7 Å². The molecule has 0 spiro atoms. The van der Waals surface area contributed by atoms with Crippen molar-refractivity contribution in [2.45, 2.75) is 20.8 Å². The summed E-state index contributed by atoms with van der Waals surface area (Å²) in [5.74, 6) is 0.509. The highest BCUT2D eigenvalue weighted by Gasteiger charge is 2.18. The van der Waals surface area contributed by atoms with Crippen LogP contribution in [0.2, 0.25) is 0 Å². The lowest BCUT2D eigenvalue weighted by Crippen LogP contribution is -2.30. The molecule has 0 heterocycles. The van der Waals surface area contributed by atoms with Gasteiger partial charge in [0.15, 0.2) is 0 Å². The minimum Gasteiger partial charge on any atom is -0.492 e. The van der Waals surface area contributed by atoms with Gasteiger partial charge in [-0.15, -0.1) is 0 Å². The number of hydrogen-bond acceptors (Lipinski definition) is 4. The first kappa shape index (κ1) is 20.8. The molecule has 0 saturated heterocycles. The Hall–Kier alpha value is -2.54. The third-order valence-electron chi connectivity index (χ3n) is 4.24. The van der Waals surface area contributed by atoms with Gasteiger partial charge in [0.05, 0.1) is 18.5 Å². The van der Waals surface area contributed by atoms with Crippen LogP contribution >= 0.6 is 0 Å². The van der Waals surface area contributed by atoms with Gasteiger partial charge in [0.1, 0.15) is 12.4 Å². The van der Waals surface area contributed by atoms with Gasteiger partial charge in [-0.1, -0.05) is 12.1 Å². The molecule has 27 heavy (non-hydrogen) atoms. The second kappa shape index (κ2) is 8.43. The van der Waals surface area contributed by atoms with Gasteiger partial charge in [0.25, 0.3) is 5.91 Å². The van der Waals surface area contributed by atoms with Crippen LogP contribution in [0.1, 0.15) is 27.0 Å². The molecule has 6 nitrogen and oxygen atoms in total. The number of hydrogen-bond donors (Lipinski definition) is 1. The molecule has 1 N–H and O–H groups in total. The standard InChI is InChI=1S/C20H26N2O4S/c1-14-11-15(2)13-17(12-14)26-10-9-21-20(23)18-7-6-8-19(16(18)3)22(4)27(5,24)25/h6-8,11-13H,9-10H2,1-5H3,(H,21,23). The second-order valence-electron chi connectivity index (χ2n) is 6.61. The SMILES string of the molecule is Cc1cc(C)cc(OCCNC(=O)c2cccc(N(C)S(C)(=O)=O)c2C)c1. The van der Waals surface area contributed by atoms with E-state index in [0.29, 0.717) is 30.0 Å². The smallest absolute Gasteiger partial charge is 0.251 e. The predicted octanol–water partition coefficient (Wildman–Crippen LogP) is 2.82. The fourth-order valence-electron chi connectivity index (χ4n) is 2.83. The molecule has 0 aliphatic rings. The third-order valence-corrected chi connectivity index (χ3v) is 5.43. The quantitative estimate of drug-likeness (QED) is 0.738. The van der Waals surface area contributed by atoms with Crippen molar-refractivity contribution >= 4 is 21.6 Å². The number of anilines is 1. The maximum Gasteiger partial charge on any atom is 0.251 e. The van der Waals surface area contributed by atoms with Crippen LogP contribution in [0.4, 0.5) is 5.69 Å². The van der Waals surface area contributed by atoms with Crippen LogP contribution in [0.15, 0.2) is 36.4 Å². The van der Waals surface area contributed by atoms with Gasteiger partial charge >= 0.3 is 0 Å². The molecule has 7 heteroatoms. The van der Waals surface area contributed by atoms with E-state index in [1.807, 2.05) is 26.0 Å². The van der Waals surface area contributed by atoms with Crippen LogP contribution in [0, 0.1) is 20.8 Å². The third kappa shape index (κ3) is 5.47. The Morgan fingerprint density at radius 3 is 2.33 bits per heavy atom. The van der Waals surface area contributed by atoms with Crippen LogP contribution in [0.25, 0.3) is 0 Å². The molecule has 2 aromatic carbocycles. The van der Waals surface area contributed by atoms with Crippen LogP contribution in [-0.4, -0.2) is 40.8 Å². The van der Waals surface area contributed by atoms with Crippen molar-refractivity contribution in [2.24, 2.45) is 0 Å². The minimum absolute atomic E-state index is 0.264. The number of aryl methyl sites for hydroxylation is 2. The van der Waals surface area contributed by atoms with Gasteiger partial charge in [-0.25, -0.2) is 8.42 Å². The number of ether oxygens (including phenoxy) is 1. The van der Waals surface area contributed by atoms with E-state index in [1.54, 1.807) is 25.1 Å². The highest BCUT2D eigenvalue weighted by atomic mass is 32.2. The van der Waals surface area contributed by atoms with Gasteiger partial charge < -0.3 is 10.1 Å². The van der Waals surface area contributed by atoms with Crippen LogP contribution < -0.4 is 14.4 Å². The Morgan fingerprint density at radius 2 is 1.74 bits per heavy atom. The van der Waals surface area contributed by atoms with E-state index in [1.165, 1.54) is 11.4 Å². The fourth-order valence-corrected chi connectivity index (χ4v) is 3.39. The van der Waals surface area contributed by atoms with Crippen molar-refractivity contribution in [1.29, 1.82) is 0 Å². The second-order valence-corrected chi connectivity index (χ2v) is 8.62. The summed E-state index contributed by atoms with van der Waals surface area (Å²) in [6.45, 7) is 6.43. The summed E-state index contributed by atoms with van der Waals surface area (Å²) in [6, 6.07) is 11.0. The van der Waals surface area contributed by atoms with E-state index < -0.39 is 10.0 Å². The number of carbonyl (C=O) groups is 1. The molecule has 0 fully saturated rings. The molecule has 0 unspecified atom stereocenters. The summed E-state index contributed by atoms with van der Waals surface area (Å²) in [7, 11) is -1.93. The maximum atomic E-state index is 12.5. The zero-order chi connectivity index (χ0) is 20.2. The maximum absolute atomic E-state index is 12.5. The average Bonchev–Trinajstić information content (AvgIpc) is 2.56. The molecule has 0 radical (unpaired) electrons.